The Labute approximate surface area is 170 Å². The second-order valence-electron chi connectivity index (χ2n) is 5.69. The molecule has 6 nitrogen and oxygen atoms in total. The van der Waals surface area contributed by atoms with Crippen LogP contribution in [0.5, 0.6) is 0 Å². The Bertz CT molecular complexity index is 973. The fourth-order valence-corrected chi connectivity index (χ4v) is 3.30. The minimum atomic E-state index is -0.324. The molecule has 0 aliphatic heterocycles. The van der Waals surface area contributed by atoms with Gasteiger partial charge < -0.3 is 4.57 Å². The molecule has 0 radical (unpaired) electrons. The highest BCUT2D eigenvalue weighted by molar-refractivity contribution is 7.99. The van der Waals surface area contributed by atoms with Crippen LogP contribution in [0.3, 0.4) is 0 Å². The number of carbonyl (C=O) groups is 1. The lowest BCUT2D eigenvalue weighted by Crippen LogP contribution is -2.20. The average Bonchev–Trinajstić information content (AvgIpc) is 3.11. The molecule has 0 saturated heterocycles. The molecule has 144 valence electrons. The minimum Gasteiger partial charge on any atom is -0.302 e. The maximum Gasteiger partial charge on any atom is 0.250 e. The number of thioether (sulfide) groups is 1. The van der Waals surface area contributed by atoms with Crippen LogP contribution < -0.4 is 5.43 Å². The van der Waals surface area contributed by atoms with E-state index >= 15 is 0 Å². The van der Waals surface area contributed by atoms with Gasteiger partial charge in [0, 0.05) is 17.1 Å². The van der Waals surface area contributed by atoms with Crippen molar-refractivity contribution in [2.24, 2.45) is 5.10 Å². The molecule has 0 aliphatic carbocycles. The predicted molar refractivity (Wildman–Crippen MR) is 109 cm³/mol. The number of hydrogen-bond acceptors (Lipinski definition) is 5. The molecule has 1 heterocycles. The number of carbonyl (C=O) groups excluding carboxylic acids is 1. The van der Waals surface area contributed by atoms with Crippen molar-refractivity contribution >= 4 is 35.5 Å². The third-order valence-corrected chi connectivity index (χ3v) is 4.96. The minimum absolute atomic E-state index is 0.138. The first-order valence-corrected chi connectivity index (χ1v) is 9.82. The first kappa shape index (κ1) is 20.0. The van der Waals surface area contributed by atoms with Crippen LogP contribution in [0.25, 0.3) is 11.4 Å². The van der Waals surface area contributed by atoms with Gasteiger partial charge in [-0.2, -0.15) is 5.10 Å². The van der Waals surface area contributed by atoms with E-state index in [0.717, 1.165) is 11.4 Å². The smallest absolute Gasteiger partial charge is 0.250 e. The van der Waals surface area contributed by atoms with Crippen molar-refractivity contribution in [2.45, 2.75) is 18.6 Å². The Balaban J connectivity index is 1.58. The summed E-state index contributed by atoms with van der Waals surface area (Å²) in [5.41, 5.74) is 4.03. The summed E-state index contributed by atoms with van der Waals surface area (Å²) in [6.07, 6.45) is 1.45. The van der Waals surface area contributed by atoms with Crippen LogP contribution in [0.15, 0.2) is 58.8 Å². The molecule has 3 aromatic rings. The fourth-order valence-electron chi connectivity index (χ4n) is 2.38. The fraction of sp³-hybridized carbons (Fsp3) is 0.158. The monoisotopic (exact) mass is 417 g/mol. The van der Waals surface area contributed by atoms with Crippen LogP contribution >= 0.6 is 23.4 Å². The van der Waals surface area contributed by atoms with E-state index in [9.17, 15) is 9.18 Å². The third kappa shape index (κ3) is 5.17. The van der Waals surface area contributed by atoms with E-state index in [4.69, 9.17) is 11.6 Å². The van der Waals surface area contributed by atoms with Gasteiger partial charge >= 0.3 is 0 Å². The quantitative estimate of drug-likeness (QED) is 0.358. The molecular formula is C19H17ClFN5OS. The number of benzene rings is 2. The summed E-state index contributed by atoms with van der Waals surface area (Å²) in [7, 11) is 0. The summed E-state index contributed by atoms with van der Waals surface area (Å²) >= 11 is 7.21. The summed E-state index contributed by atoms with van der Waals surface area (Å²) in [6, 6.07) is 13.1. The Morgan fingerprint density at radius 1 is 1.21 bits per heavy atom. The van der Waals surface area contributed by atoms with Gasteiger partial charge in [0.15, 0.2) is 11.0 Å². The maximum absolute atomic E-state index is 12.9. The van der Waals surface area contributed by atoms with Crippen LogP contribution in [0.2, 0.25) is 5.02 Å². The van der Waals surface area contributed by atoms with Gasteiger partial charge in [0.1, 0.15) is 5.82 Å². The number of hydrogen-bond donors (Lipinski definition) is 1. The van der Waals surface area contributed by atoms with Crippen molar-refractivity contribution in [3.05, 3.63) is 64.9 Å². The number of rotatable bonds is 7. The van der Waals surface area contributed by atoms with Crippen LogP contribution in [-0.4, -0.2) is 32.6 Å². The molecule has 0 saturated carbocycles. The number of aromatic nitrogens is 3. The molecule has 9 heteroatoms. The van der Waals surface area contributed by atoms with Gasteiger partial charge in [-0.15, -0.1) is 10.2 Å². The summed E-state index contributed by atoms with van der Waals surface area (Å²) in [5.74, 6) is 0.258. The number of nitrogens with one attached hydrogen (secondary N) is 1. The molecule has 0 bridgehead atoms. The lowest BCUT2D eigenvalue weighted by Gasteiger charge is -2.07. The topological polar surface area (TPSA) is 72.2 Å². The molecule has 1 amide bonds. The largest absolute Gasteiger partial charge is 0.302 e. The standard InChI is InChI=1S/C19H17ClFN5OS/c1-2-26-18(14-5-7-15(20)8-6-14)24-25-19(26)28-12-17(27)23-22-11-13-3-9-16(21)10-4-13/h3-11H,2,12H2,1H3,(H,23,27)/b22-11+. The van der Waals surface area contributed by atoms with E-state index in [2.05, 4.69) is 20.7 Å². The maximum atomic E-state index is 12.9. The van der Waals surface area contributed by atoms with Crippen molar-refractivity contribution in [3.8, 4) is 11.4 Å². The summed E-state index contributed by atoms with van der Waals surface area (Å²) in [5, 5.41) is 13.6. The van der Waals surface area contributed by atoms with E-state index in [1.807, 2.05) is 23.6 Å². The van der Waals surface area contributed by atoms with Crippen LogP contribution in [-0.2, 0) is 11.3 Å². The van der Waals surface area contributed by atoms with Gasteiger partial charge in [-0.1, -0.05) is 35.5 Å². The normalized spacial score (nSPS) is 11.1. The first-order chi connectivity index (χ1) is 13.6. The third-order valence-electron chi connectivity index (χ3n) is 3.74. The lowest BCUT2D eigenvalue weighted by atomic mass is 10.2. The summed E-state index contributed by atoms with van der Waals surface area (Å²) in [6.45, 7) is 2.65. The first-order valence-electron chi connectivity index (χ1n) is 8.46. The Hall–Kier alpha value is -2.71. The summed E-state index contributed by atoms with van der Waals surface area (Å²) < 4.78 is 14.8. The van der Waals surface area contributed by atoms with Crippen molar-refractivity contribution in [3.63, 3.8) is 0 Å². The van der Waals surface area contributed by atoms with Gasteiger partial charge in [0.2, 0.25) is 0 Å². The van der Waals surface area contributed by atoms with E-state index in [0.29, 0.717) is 22.3 Å². The predicted octanol–water partition coefficient (Wildman–Crippen LogP) is 4.00. The van der Waals surface area contributed by atoms with Gasteiger partial charge in [-0.3, -0.25) is 4.79 Å². The molecule has 0 fully saturated rings. The summed E-state index contributed by atoms with van der Waals surface area (Å²) in [4.78, 5) is 12.0. The van der Waals surface area contributed by atoms with E-state index in [1.54, 1.807) is 24.3 Å². The molecule has 1 aromatic heterocycles. The van der Waals surface area contributed by atoms with E-state index in [-0.39, 0.29) is 17.5 Å². The molecule has 3 rings (SSSR count). The average molecular weight is 418 g/mol. The zero-order chi connectivity index (χ0) is 19.9. The molecule has 0 unspecified atom stereocenters. The molecule has 0 atom stereocenters. The molecule has 28 heavy (non-hydrogen) atoms. The zero-order valence-corrected chi connectivity index (χ0v) is 16.5. The zero-order valence-electron chi connectivity index (χ0n) is 15.0. The van der Waals surface area contributed by atoms with Crippen LogP contribution in [0.1, 0.15) is 12.5 Å². The van der Waals surface area contributed by atoms with Crippen molar-refractivity contribution in [1.29, 1.82) is 0 Å². The van der Waals surface area contributed by atoms with Crippen molar-refractivity contribution < 1.29 is 9.18 Å². The second-order valence-corrected chi connectivity index (χ2v) is 7.07. The molecule has 0 spiro atoms. The molecule has 2 aromatic carbocycles. The Morgan fingerprint density at radius 2 is 1.93 bits per heavy atom. The molecular weight excluding hydrogens is 401 g/mol. The lowest BCUT2D eigenvalue weighted by molar-refractivity contribution is -0.118. The van der Waals surface area contributed by atoms with E-state index < -0.39 is 0 Å². The number of nitrogens with zero attached hydrogens (tertiary/aromatic N) is 4. The van der Waals surface area contributed by atoms with Crippen molar-refractivity contribution in [1.82, 2.24) is 20.2 Å². The highest BCUT2D eigenvalue weighted by atomic mass is 35.5. The molecule has 1 N–H and O–H groups in total. The van der Waals surface area contributed by atoms with Crippen LogP contribution in [0, 0.1) is 5.82 Å². The number of amides is 1. The van der Waals surface area contributed by atoms with Gasteiger partial charge in [0.05, 0.1) is 12.0 Å². The van der Waals surface area contributed by atoms with Gasteiger partial charge in [-0.05, 0) is 48.9 Å². The highest BCUT2D eigenvalue weighted by Crippen LogP contribution is 2.24. The van der Waals surface area contributed by atoms with Gasteiger partial charge in [0.25, 0.3) is 5.91 Å². The Morgan fingerprint density at radius 3 is 2.61 bits per heavy atom. The molecule has 0 aliphatic rings. The van der Waals surface area contributed by atoms with Gasteiger partial charge in [-0.25, -0.2) is 9.82 Å². The van der Waals surface area contributed by atoms with E-state index in [1.165, 1.54) is 30.1 Å². The SMILES string of the molecule is CCn1c(SCC(=O)N/N=C/c2ccc(F)cc2)nnc1-c1ccc(Cl)cc1. The van der Waals surface area contributed by atoms with Crippen molar-refractivity contribution in [2.75, 3.05) is 5.75 Å². The number of halogens is 2. The second kappa shape index (κ2) is 9.48. The highest BCUT2D eigenvalue weighted by Gasteiger charge is 2.14. The number of hydrazone groups is 1. The van der Waals surface area contributed by atoms with Crippen LogP contribution in [0.4, 0.5) is 4.39 Å². The Kier molecular flexibility index (Phi) is 6.78.